The fourth-order valence-electron chi connectivity index (χ4n) is 3.03. The number of hydrogen-bond acceptors (Lipinski definition) is 4. The summed E-state index contributed by atoms with van der Waals surface area (Å²) in [7, 11) is 0. The largest absolute Gasteiger partial charge is 0.462 e. The molecule has 1 amide bonds. The van der Waals surface area contributed by atoms with Gasteiger partial charge in [0, 0.05) is 17.8 Å². The standard InChI is InChI=1S/C19H20N2O4/c1-2-25-19(24)14-12-15(18(23)21-11-7-6-10-16(14)21)20-17(22)13-8-4-3-5-9-13/h3-5,8-9,12H,2,6-7,10-11H2,1H3,(H,20,22). The van der Waals surface area contributed by atoms with Crippen LogP contribution in [0, 0.1) is 0 Å². The zero-order chi connectivity index (χ0) is 17.8. The van der Waals surface area contributed by atoms with Gasteiger partial charge in [0.15, 0.2) is 0 Å². The van der Waals surface area contributed by atoms with Gasteiger partial charge in [-0.2, -0.15) is 0 Å². The SMILES string of the molecule is CCOC(=O)c1cc(NC(=O)c2ccccc2)c(=O)n2c1CCCC2. The lowest BCUT2D eigenvalue weighted by molar-refractivity contribution is 0.0523. The number of amides is 1. The quantitative estimate of drug-likeness (QED) is 0.868. The van der Waals surface area contributed by atoms with Gasteiger partial charge < -0.3 is 14.6 Å². The Bertz CT molecular complexity index is 856. The summed E-state index contributed by atoms with van der Waals surface area (Å²) in [5, 5.41) is 2.63. The lowest BCUT2D eigenvalue weighted by Gasteiger charge is -2.22. The van der Waals surface area contributed by atoms with Gasteiger partial charge in [0.05, 0.1) is 12.2 Å². The van der Waals surface area contributed by atoms with Crippen LogP contribution in [0.5, 0.6) is 0 Å². The molecule has 0 saturated carbocycles. The van der Waals surface area contributed by atoms with Crippen molar-refractivity contribution in [3.8, 4) is 0 Å². The number of rotatable bonds is 4. The molecule has 2 aromatic rings. The Balaban J connectivity index is 2.02. The van der Waals surface area contributed by atoms with Crippen LogP contribution in [-0.2, 0) is 17.7 Å². The van der Waals surface area contributed by atoms with E-state index in [1.54, 1.807) is 35.8 Å². The van der Waals surface area contributed by atoms with E-state index >= 15 is 0 Å². The van der Waals surface area contributed by atoms with E-state index in [9.17, 15) is 14.4 Å². The number of pyridine rings is 1. The zero-order valence-corrected chi connectivity index (χ0v) is 14.1. The van der Waals surface area contributed by atoms with E-state index in [-0.39, 0.29) is 23.8 Å². The lowest BCUT2D eigenvalue weighted by Crippen LogP contribution is -2.32. The number of ether oxygens (including phenoxy) is 1. The number of aromatic nitrogens is 1. The van der Waals surface area contributed by atoms with E-state index in [1.165, 1.54) is 6.07 Å². The third-order valence-corrected chi connectivity index (χ3v) is 4.23. The summed E-state index contributed by atoms with van der Waals surface area (Å²) in [5.41, 5.74) is 1.30. The first-order chi connectivity index (χ1) is 12.1. The number of fused-ring (bicyclic) bond motifs is 1. The summed E-state index contributed by atoms with van der Waals surface area (Å²) >= 11 is 0. The molecular formula is C19H20N2O4. The van der Waals surface area contributed by atoms with Crippen molar-refractivity contribution in [3.63, 3.8) is 0 Å². The normalized spacial score (nSPS) is 13.0. The molecule has 3 rings (SSSR count). The topological polar surface area (TPSA) is 77.4 Å². The minimum atomic E-state index is -0.469. The van der Waals surface area contributed by atoms with Crippen LogP contribution in [-0.4, -0.2) is 23.1 Å². The Hall–Kier alpha value is -2.89. The van der Waals surface area contributed by atoms with Crippen LogP contribution in [0.2, 0.25) is 0 Å². The molecule has 0 spiro atoms. The van der Waals surface area contributed by atoms with Crippen molar-refractivity contribution in [2.75, 3.05) is 11.9 Å². The van der Waals surface area contributed by atoms with Crippen LogP contribution in [0.15, 0.2) is 41.2 Å². The third-order valence-electron chi connectivity index (χ3n) is 4.23. The minimum Gasteiger partial charge on any atom is -0.462 e. The zero-order valence-electron chi connectivity index (χ0n) is 14.1. The molecule has 6 heteroatoms. The molecule has 1 aromatic heterocycles. The monoisotopic (exact) mass is 340 g/mol. The first-order valence-corrected chi connectivity index (χ1v) is 8.42. The summed E-state index contributed by atoms with van der Waals surface area (Å²) in [4.78, 5) is 37.4. The molecule has 0 aliphatic carbocycles. The molecule has 0 radical (unpaired) electrons. The molecule has 130 valence electrons. The Kier molecular flexibility index (Phi) is 4.97. The molecule has 0 bridgehead atoms. The van der Waals surface area contributed by atoms with Gasteiger partial charge in [0.25, 0.3) is 11.5 Å². The molecule has 1 aliphatic heterocycles. The number of hydrogen-bond donors (Lipinski definition) is 1. The Labute approximate surface area is 145 Å². The maximum Gasteiger partial charge on any atom is 0.339 e. The van der Waals surface area contributed by atoms with Gasteiger partial charge in [-0.15, -0.1) is 0 Å². The van der Waals surface area contributed by atoms with Gasteiger partial charge in [-0.25, -0.2) is 4.79 Å². The second-order valence-electron chi connectivity index (χ2n) is 5.87. The molecule has 0 fully saturated rings. The molecule has 25 heavy (non-hydrogen) atoms. The van der Waals surface area contributed by atoms with Crippen LogP contribution in [0.3, 0.4) is 0 Å². The molecule has 1 aromatic carbocycles. The number of nitrogens with zero attached hydrogens (tertiary/aromatic N) is 1. The molecular weight excluding hydrogens is 320 g/mol. The number of carbonyl (C=O) groups excluding carboxylic acids is 2. The first-order valence-electron chi connectivity index (χ1n) is 8.42. The Morgan fingerprint density at radius 2 is 1.96 bits per heavy atom. The summed E-state index contributed by atoms with van der Waals surface area (Å²) in [6, 6.07) is 10.1. The number of benzene rings is 1. The van der Waals surface area contributed by atoms with Gasteiger partial charge in [-0.1, -0.05) is 18.2 Å². The van der Waals surface area contributed by atoms with E-state index in [0.717, 1.165) is 12.8 Å². The number of esters is 1. The average molecular weight is 340 g/mol. The molecule has 0 atom stereocenters. The summed E-state index contributed by atoms with van der Waals surface area (Å²) in [5.74, 6) is -0.854. The lowest BCUT2D eigenvalue weighted by atomic mass is 10.0. The molecule has 2 heterocycles. The highest BCUT2D eigenvalue weighted by molar-refractivity contribution is 6.04. The number of nitrogens with one attached hydrogen (secondary N) is 1. The van der Waals surface area contributed by atoms with Crippen LogP contribution in [0.4, 0.5) is 5.69 Å². The summed E-state index contributed by atoms with van der Waals surface area (Å²) in [6.07, 6.45) is 2.43. The maximum atomic E-state index is 12.7. The van der Waals surface area contributed by atoms with Crippen molar-refractivity contribution in [1.82, 2.24) is 4.57 Å². The van der Waals surface area contributed by atoms with Crippen LogP contribution >= 0.6 is 0 Å². The Morgan fingerprint density at radius 3 is 2.68 bits per heavy atom. The van der Waals surface area contributed by atoms with Gasteiger partial charge in [0.2, 0.25) is 0 Å². The van der Waals surface area contributed by atoms with Gasteiger partial charge in [-0.05, 0) is 44.4 Å². The van der Waals surface area contributed by atoms with Crippen LogP contribution in [0.1, 0.15) is 46.2 Å². The molecule has 1 N–H and O–H groups in total. The minimum absolute atomic E-state index is 0.0996. The van der Waals surface area contributed by atoms with Crippen molar-refractivity contribution >= 4 is 17.6 Å². The molecule has 6 nitrogen and oxygen atoms in total. The molecule has 0 saturated heterocycles. The van der Waals surface area contributed by atoms with Crippen molar-refractivity contribution < 1.29 is 14.3 Å². The average Bonchev–Trinajstić information content (AvgIpc) is 2.65. The highest BCUT2D eigenvalue weighted by atomic mass is 16.5. The van der Waals surface area contributed by atoms with Gasteiger partial charge in [-0.3, -0.25) is 9.59 Å². The van der Waals surface area contributed by atoms with Gasteiger partial charge >= 0.3 is 5.97 Å². The van der Waals surface area contributed by atoms with Crippen molar-refractivity contribution in [2.45, 2.75) is 32.7 Å². The Morgan fingerprint density at radius 1 is 1.20 bits per heavy atom. The van der Waals surface area contributed by atoms with Gasteiger partial charge in [0.1, 0.15) is 5.69 Å². The number of anilines is 1. The van der Waals surface area contributed by atoms with E-state index < -0.39 is 5.97 Å². The molecule has 1 aliphatic rings. The first kappa shape index (κ1) is 17.0. The summed E-state index contributed by atoms with van der Waals surface area (Å²) < 4.78 is 6.69. The van der Waals surface area contributed by atoms with Crippen molar-refractivity contribution in [2.24, 2.45) is 0 Å². The highest BCUT2D eigenvalue weighted by Gasteiger charge is 2.23. The second kappa shape index (κ2) is 7.34. The fourth-order valence-corrected chi connectivity index (χ4v) is 3.03. The van der Waals surface area contributed by atoms with E-state index in [1.807, 2.05) is 6.07 Å². The van der Waals surface area contributed by atoms with Crippen molar-refractivity contribution in [3.05, 3.63) is 63.6 Å². The second-order valence-corrected chi connectivity index (χ2v) is 5.87. The fraction of sp³-hybridized carbons (Fsp3) is 0.316. The highest BCUT2D eigenvalue weighted by Crippen LogP contribution is 2.21. The summed E-state index contributed by atoms with van der Waals surface area (Å²) in [6.45, 7) is 2.52. The smallest absolute Gasteiger partial charge is 0.339 e. The molecule has 0 unspecified atom stereocenters. The maximum absolute atomic E-state index is 12.7. The number of carbonyl (C=O) groups is 2. The van der Waals surface area contributed by atoms with Crippen LogP contribution < -0.4 is 10.9 Å². The van der Waals surface area contributed by atoms with E-state index in [2.05, 4.69) is 5.32 Å². The third kappa shape index (κ3) is 3.47. The predicted molar refractivity (Wildman–Crippen MR) is 94.0 cm³/mol. The van der Waals surface area contributed by atoms with Crippen molar-refractivity contribution in [1.29, 1.82) is 0 Å². The van der Waals surface area contributed by atoms with Crippen LogP contribution in [0.25, 0.3) is 0 Å². The predicted octanol–water partition coefficient (Wildman–Crippen LogP) is 2.61. The van der Waals surface area contributed by atoms with E-state index in [4.69, 9.17) is 4.74 Å². The van der Waals surface area contributed by atoms with E-state index in [0.29, 0.717) is 29.8 Å².